The van der Waals surface area contributed by atoms with Crippen LogP contribution in [0.4, 0.5) is 34.1 Å². The number of anilines is 6. The van der Waals surface area contributed by atoms with E-state index in [9.17, 15) is 0 Å². The number of hydrogen-bond acceptors (Lipinski definition) is 3. The van der Waals surface area contributed by atoms with Gasteiger partial charge in [0, 0.05) is 43.7 Å². The van der Waals surface area contributed by atoms with E-state index in [1.165, 1.54) is 101 Å². The van der Waals surface area contributed by atoms with Crippen LogP contribution >= 0.6 is 11.3 Å². The molecular weight excluding hydrogens is 695 g/mol. The van der Waals surface area contributed by atoms with E-state index in [1.54, 1.807) is 0 Å². The normalized spacial score (nSPS) is 14.3. The van der Waals surface area contributed by atoms with Crippen LogP contribution in [-0.4, -0.2) is 6.71 Å². The van der Waals surface area contributed by atoms with E-state index < -0.39 is 0 Å². The Labute approximate surface area is 342 Å². The molecule has 5 aromatic carbocycles. The van der Waals surface area contributed by atoms with Crippen LogP contribution in [0, 0.1) is 0 Å². The van der Waals surface area contributed by atoms with Gasteiger partial charge in [-0.3, -0.25) is 0 Å². The third kappa shape index (κ3) is 6.70. The summed E-state index contributed by atoms with van der Waals surface area (Å²) in [4.78, 5) is 6.62. The molecule has 0 radical (unpaired) electrons. The highest BCUT2D eigenvalue weighted by Crippen LogP contribution is 2.48. The molecule has 56 heavy (non-hydrogen) atoms. The second-order valence-electron chi connectivity index (χ2n) is 20.7. The van der Waals surface area contributed by atoms with Gasteiger partial charge in [0.25, 0.3) is 6.71 Å². The van der Waals surface area contributed by atoms with Crippen molar-refractivity contribution >= 4 is 78.6 Å². The fourth-order valence-corrected chi connectivity index (χ4v) is 9.81. The Balaban J connectivity index is 1.48. The molecule has 2 aliphatic rings. The molecule has 8 rings (SSSR count). The van der Waals surface area contributed by atoms with Crippen LogP contribution in [0.25, 0.3) is 10.1 Å². The lowest BCUT2D eigenvalue weighted by molar-refractivity contribution is 0.590. The molecule has 0 atom stereocenters. The summed E-state index contributed by atoms with van der Waals surface area (Å²) in [5.41, 5.74) is 17.3. The summed E-state index contributed by atoms with van der Waals surface area (Å²) in [5, 5.41) is 1.33. The lowest BCUT2D eigenvalue weighted by Crippen LogP contribution is -2.61. The largest absolute Gasteiger partial charge is 0.311 e. The summed E-state index contributed by atoms with van der Waals surface area (Å²) in [5.74, 6) is 0. The van der Waals surface area contributed by atoms with Crippen LogP contribution in [0.1, 0.15) is 130 Å². The van der Waals surface area contributed by atoms with Gasteiger partial charge < -0.3 is 9.80 Å². The Kier molecular flexibility index (Phi) is 9.24. The first kappa shape index (κ1) is 38.6. The molecule has 1 aromatic heterocycles. The third-order valence-electron chi connectivity index (χ3n) is 12.2. The molecule has 0 aliphatic carbocycles. The van der Waals surface area contributed by atoms with Gasteiger partial charge in [-0.1, -0.05) is 133 Å². The quantitative estimate of drug-likeness (QED) is 0.161. The van der Waals surface area contributed by atoms with Gasteiger partial charge in [0.15, 0.2) is 0 Å². The summed E-state index contributed by atoms with van der Waals surface area (Å²) in [6.45, 7) is 30.4. The average Bonchev–Trinajstić information content (AvgIpc) is 3.56. The maximum absolute atomic E-state index is 2.60. The Bertz CT molecular complexity index is 2440. The van der Waals surface area contributed by atoms with Crippen molar-refractivity contribution in [3.05, 3.63) is 124 Å². The predicted octanol–water partition coefficient (Wildman–Crippen LogP) is 13.5. The molecule has 3 heterocycles. The van der Waals surface area contributed by atoms with Crippen molar-refractivity contribution in [3.8, 4) is 0 Å². The van der Waals surface area contributed by atoms with Gasteiger partial charge in [0.2, 0.25) is 0 Å². The summed E-state index contributed by atoms with van der Waals surface area (Å²) in [6, 6.07) is 38.8. The zero-order valence-electron chi connectivity index (χ0n) is 36.2. The van der Waals surface area contributed by atoms with Gasteiger partial charge >= 0.3 is 0 Å². The maximum Gasteiger partial charge on any atom is 0.252 e. The third-order valence-corrected chi connectivity index (χ3v) is 13.7. The van der Waals surface area contributed by atoms with Crippen LogP contribution in [0.5, 0.6) is 0 Å². The number of thiophene rings is 1. The Morgan fingerprint density at radius 2 is 1.04 bits per heavy atom. The molecule has 0 N–H and O–H groups in total. The van der Waals surface area contributed by atoms with Crippen molar-refractivity contribution in [1.82, 2.24) is 0 Å². The van der Waals surface area contributed by atoms with E-state index >= 15 is 0 Å². The zero-order chi connectivity index (χ0) is 40.1. The van der Waals surface area contributed by atoms with Crippen LogP contribution in [0.3, 0.4) is 0 Å². The Hall–Kier alpha value is -4.28. The zero-order valence-corrected chi connectivity index (χ0v) is 37.1. The van der Waals surface area contributed by atoms with Crippen molar-refractivity contribution < 1.29 is 0 Å². The van der Waals surface area contributed by atoms with E-state index in [-0.39, 0.29) is 28.4 Å². The molecule has 288 valence electrons. The van der Waals surface area contributed by atoms with Crippen LogP contribution in [0.2, 0.25) is 0 Å². The van der Waals surface area contributed by atoms with Crippen LogP contribution in [-0.2, 0) is 28.1 Å². The number of unbranched alkanes of at least 4 members (excludes halogenated alkanes) is 1. The number of fused-ring (bicyclic) bond motifs is 5. The van der Waals surface area contributed by atoms with Crippen molar-refractivity contribution in [2.24, 2.45) is 0 Å². The van der Waals surface area contributed by atoms with E-state index in [1.807, 2.05) is 11.3 Å². The van der Waals surface area contributed by atoms with Crippen LogP contribution < -0.4 is 26.2 Å². The summed E-state index contributed by atoms with van der Waals surface area (Å²) >= 11 is 1.96. The molecule has 2 nitrogen and oxygen atoms in total. The number of aryl methyl sites for hydroxylation is 1. The standard InChI is InChI=1S/C52H61BN2S/c1-14-15-16-33-17-22-38(23-18-33)54-42-26-21-36(50(5,6)7)29-40(42)53-41-32-46-34(28-47(56-46)52(11,12)13)27-43(41)55(39-24-19-35(20-25-39)49(2,3)4)45-31-37(51(8,9)10)30-44(54)48(45)53/h17-32H,14-16H2,1-13H3. The molecule has 0 bridgehead atoms. The topological polar surface area (TPSA) is 6.48 Å². The molecular formula is C52H61BN2S. The summed E-state index contributed by atoms with van der Waals surface area (Å²) in [7, 11) is 0. The second kappa shape index (κ2) is 13.4. The van der Waals surface area contributed by atoms with Crippen molar-refractivity contribution in [3.63, 3.8) is 0 Å². The minimum atomic E-state index is -0.0615. The highest BCUT2D eigenvalue weighted by molar-refractivity contribution is 7.19. The lowest BCUT2D eigenvalue weighted by Gasteiger charge is -2.45. The summed E-state index contributed by atoms with van der Waals surface area (Å²) in [6.07, 6.45) is 3.54. The highest BCUT2D eigenvalue weighted by Gasteiger charge is 2.45. The molecule has 0 spiro atoms. The predicted molar refractivity (Wildman–Crippen MR) is 249 cm³/mol. The molecule has 0 saturated heterocycles. The Morgan fingerprint density at radius 3 is 1.59 bits per heavy atom. The van der Waals surface area contributed by atoms with Gasteiger partial charge in [0.05, 0.1) is 0 Å². The first-order chi connectivity index (χ1) is 26.2. The molecule has 0 fully saturated rings. The van der Waals surface area contributed by atoms with Gasteiger partial charge in [0.1, 0.15) is 0 Å². The molecule has 2 aliphatic heterocycles. The Morgan fingerprint density at radius 1 is 0.500 bits per heavy atom. The monoisotopic (exact) mass is 756 g/mol. The minimum Gasteiger partial charge on any atom is -0.311 e. The SMILES string of the molecule is CCCCc1ccc(N2c3ccc(C(C)(C)C)cc3B3c4cc5sc(C(C)(C)C)cc5cc4N(c4ccc(C(C)(C)C)cc4)c4cc(C(C)(C)C)cc2c43)cc1. The van der Waals surface area contributed by atoms with Gasteiger partial charge in [-0.05, 0) is 139 Å². The van der Waals surface area contributed by atoms with Gasteiger partial charge in [-0.2, -0.15) is 0 Å². The smallest absolute Gasteiger partial charge is 0.252 e. The molecule has 0 unspecified atom stereocenters. The number of rotatable bonds is 5. The number of hydrogen-bond donors (Lipinski definition) is 0. The first-order valence-electron chi connectivity index (χ1n) is 20.9. The molecule has 6 aromatic rings. The highest BCUT2D eigenvalue weighted by atomic mass is 32.1. The van der Waals surface area contributed by atoms with E-state index in [0.29, 0.717) is 0 Å². The van der Waals surface area contributed by atoms with Crippen molar-refractivity contribution in [2.45, 2.75) is 131 Å². The van der Waals surface area contributed by atoms with Gasteiger partial charge in [-0.25, -0.2) is 0 Å². The second-order valence-corrected chi connectivity index (χ2v) is 21.8. The van der Waals surface area contributed by atoms with Crippen molar-refractivity contribution in [2.75, 3.05) is 9.80 Å². The van der Waals surface area contributed by atoms with Gasteiger partial charge in [-0.15, -0.1) is 11.3 Å². The molecule has 4 heteroatoms. The van der Waals surface area contributed by atoms with Crippen molar-refractivity contribution in [1.29, 1.82) is 0 Å². The molecule has 0 amide bonds. The van der Waals surface area contributed by atoms with E-state index in [2.05, 4.69) is 197 Å². The number of benzene rings is 5. The fraction of sp³-hybridized carbons (Fsp3) is 0.385. The summed E-state index contributed by atoms with van der Waals surface area (Å²) < 4.78 is 1.37. The van der Waals surface area contributed by atoms with Crippen LogP contribution in [0.15, 0.2) is 97.1 Å². The molecule has 0 saturated carbocycles. The lowest BCUT2D eigenvalue weighted by atomic mass is 9.33. The fourth-order valence-electron chi connectivity index (χ4n) is 8.66. The maximum atomic E-state index is 2.60. The first-order valence-corrected chi connectivity index (χ1v) is 21.8. The van der Waals surface area contributed by atoms with E-state index in [4.69, 9.17) is 0 Å². The number of nitrogens with zero attached hydrogens (tertiary/aromatic N) is 2. The minimum absolute atomic E-state index is 0.0115. The van der Waals surface area contributed by atoms with E-state index in [0.717, 1.165) is 6.42 Å². The average molecular weight is 757 g/mol.